The molecule has 0 aliphatic heterocycles. The molecule has 0 bridgehead atoms. The van der Waals surface area contributed by atoms with Crippen molar-refractivity contribution in [1.82, 2.24) is 10.3 Å². The Morgan fingerprint density at radius 1 is 1.17 bits per heavy atom. The topological polar surface area (TPSA) is 72.5 Å². The van der Waals surface area contributed by atoms with Gasteiger partial charge < -0.3 is 20.1 Å². The lowest BCUT2D eigenvalue weighted by atomic mass is 10.1. The molecule has 0 aliphatic carbocycles. The number of benzene rings is 1. The molecule has 0 saturated carbocycles. The summed E-state index contributed by atoms with van der Waals surface area (Å²) in [6.07, 6.45) is 2.43. The van der Waals surface area contributed by atoms with Crippen LogP contribution in [0.25, 0.3) is 0 Å². The fourth-order valence-corrected chi connectivity index (χ4v) is 2.23. The SMILES string of the molecule is CNC(=O)c1cccnc1NCCc1ccc(OC)c(OC)c1. The van der Waals surface area contributed by atoms with Gasteiger partial charge in [-0.15, -0.1) is 0 Å². The number of carbonyl (C=O) groups is 1. The lowest BCUT2D eigenvalue weighted by molar-refractivity contribution is 0.0963. The van der Waals surface area contributed by atoms with Gasteiger partial charge in [-0.1, -0.05) is 6.07 Å². The van der Waals surface area contributed by atoms with Gasteiger partial charge in [0, 0.05) is 19.8 Å². The molecule has 2 aromatic rings. The maximum absolute atomic E-state index is 11.8. The van der Waals surface area contributed by atoms with E-state index >= 15 is 0 Å². The summed E-state index contributed by atoms with van der Waals surface area (Å²) in [6, 6.07) is 9.29. The van der Waals surface area contributed by atoms with Gasteiger partial charge in [-0.05, 0) is 36.2 Å². The van der Waals surface area contributed by atoms with Crippen LogP contribution >= 0.6 is 0 Å². The first-order valence-corrected chi connectivity index (χ1v) is 7.31. The molecule has 0 aliphatic rings. The van der Waals surface area contributed by atoms with Crippen molar-refractivity contribution in [3.63, 3.8) is 0 Å². The number of anilines is 1. The minimum absolute atomic E-state index is 0.160. The molecule has 6 nitrogen and oxygen atoms in total. The zero-order valence-corrected chi connectivity index (χ0v) is 13.6. The van der Waals surface area contributed by atoms with Gasteiger partial charge in [0.15, 0.2) is 11.5 Å². The molecule has 1 aromatic carbocycles. The predicted octanol–water partition coefficient (Wildman–Crippen LogP) is 2.11. The van der Waals surface area contributed by atoms with Crippen molar-refractivity contribution in [3.05, 3.63) is 47.7 Å². The van der Waals surface area contributed by atoms with Gasteiger partial charge in [-0.25, -0.2) is 4.98 Å². The van der Waals surface area contributed by atoms with Gasteiger partial charge in [0.25, 0.3) is 5.91 Å². The molecule has 0 fully saturated rings. The van der Waals surface area contributed by atoms with Crippen LogP contribution in [-0.4, -0.2) is 38.7 Å². The number of methoxy groups -OCH3 is 2. The largest absolute Gasteiger partial charge is 0.493 e. The van der Waals surface area contributed by atoms with Crippen LogP contribution < -0.4 is 20.1 Å². The van der Waals surface area contributed by atoms with E-state index in [-0.39, 0.29) is 5.91 Å². The van der Waals surface area contributed by atoms with Crippen LogP contribution in [-0.2, 0) is 6.42 Å². The van der Waals surface area contributed by atoms with E-state index in [0.29, 0.717) is 29.4 Å². The highest BCUT2D eigenvalue weighted by molar-refractivity contribution is 5.98. The number of amides is 1. The molecule has 0 spiro atoms. The Bertz CT molecular complexity index is 674. The molecule has 1 aromatic heterocycles. The maximum atomic E-state index is 11.8. The third-order valence-electron chi connectivity index (χ3n) is 3.43. The van der Waals surface area contributed by atoms with E-state index in [0.717, 1.165) is 12.0 Å². The highest BCUT2D eigenvalue weighted by Gasteiger charge is 2.10. The lowest BCUT2D eigenvalue weighted by Crippen LogP contribution is -2.20. The fraction of sp³-hybridized carbons (Fsp3) is 0.294. The monoisotopic (exact) mass is 315 g/mol. The maximum Gasteiger partial charge on any atom is 0.254 e. The second kappa shape index (κ2) is 8.03. The van der Waals surface area contributed by atoms with Crippen molar-refractivity contribution in [2.24, 2.45) is 0 Å². The van der Waals surface area contributed by atoms with Crippen molar-refractivity contribution in [3.8, 4) is 11.5 Å². The average Bonchev–Trinajstić information content (AvgIpc) is 2.61. The molecular formula is C17H21N3O3. The predicted molar refractivity (Wildman–Crippen MR) is 89.4 cm³/mol. The number of hydrogen-bond donors (Lipinski definition) is 2. The normalized spacial score (nSPS) is 10.0. The smallest absolute Gasteiger partial charge is 0.254 e. The first-order chi connectivity index (χ1) is 11.2. The number of pyridine rings is 1. The lowest BCUT2D eigenvalue weighted by Gasteiger charge is -2.11. The number of rotatable bonds is 7. The number of aromatic nitrogens is 1. The van der Waals surface area contributed by atoms with E-state index in [2.05, 4.69) is 15.6 Å². The molecular weight excluding hydrogens is 294 g/mol. The minimum Gasteiger partial charge on any atom is -0.493 e. The van der Waals surface area contributed by atoms with Gasteiger partial charge in [0.1, 0.15) is 5.82 Å². The number of carbonyl (C=O) groups excluding carboxylic acids is 1. The van der Waals surface area contributed by atoms with E-state index in [1.165, 1.54) is 0 Å². The van der Waals surface area contributed by atoms with E-state index in [1.807, 2.05) is 18.2 Å². The van der Waals surface area contributed by atoms with Gasteiger partial charge in [-0.2, -0.15) is 0 Å². The summed E-state index contributed by atoms with van der Waals surface area (Å²) in [4.78, 5) is 16.0. The highest BCUT2D eigenvalue weighted by atomic mass is 16.5. The van der Waals surface area contributed by atoms with Gasteiger partial charge >= 0.3 is 0 Å². The fourth-order valence-electron chi connectivity index (χ4n) is 2.23. The summed E-state index contributed by atoms with van der Waals surface area (Å²) < 4.78 is 10.5. The third-order valence-corrected chi connectivity index (χ3v) is 3.43. The Labute approximate surface area is 135 Å². The summed E-state index contributed by atoms with van der Waals surface area (Å²) in [5.74, 6) is 1.82. The van der Waals surface area contributed by atoms with Crippen LogP contribution in [0.2, 0.25) is 0 Å². The Hall–Kier alpha value is -2.76. The van der Waals surface area contributed by atoms with Crippen molar-refractivity contribution in [2.75, 3.05) is 33.1 Å². The molecule has 0 atom stereocenters. The number of hydrogen-bond acceptors (Lipinski definition) is 5. The van der Waals surface area contributed by atoms with Gasteiger partial charge in [0.05, 0.1) is 19.8 Å². The zero-order valence-electron chi connectivity index (χ0n) is 13.6. The van der Waals surface area contributed by atoms with E-state index in [1.54, 1.807) is 39.6 Å². The van der Waals surface area contributed by atoms with Crippen molar-refractivity contribution < 1.29 is 14.3 Å². The second-order valence-electron chi connectivity index (χ2n) is 4.84. The Morgan fingerprint density at radius 2 is 1.96 bits per heavy atom. The van der Waals surface area contributed by atoms with Crippen molar-refractivity contribution in [2.45, 2.75) is 6.42 Å². The summed E-state index contributed by atoms with van der Waals surface area (Å²) in [7, 11) is 4.83. The van der Waals surface area contributed by atoms with E-state index in [4.69, 9.17) is 9.47 Å². The Morgan fingerprint density at radius 3 is 2.65 bits per heavy atom. The number of nitrogens with zero attached hydrogens (tertiary/aromatic N) is 1. The molecule has 2 N–H and O–H groups in total. The van der Waals surface area contributed by atoms with E-state index < -0.39 is 0 Å². The first kappa shape index (κ1) is 16.6. The Balaban J connectivity index is 2.02. The minimum atomic E-state index is -0.160. The molecule has 2 rings (SSSR count). The van der Waals surface area contributed by atoms with Crippen LogP contribution in [0.1, 0.15) is 15.9 Å². The van der Waals surface area contributed by atoms with Gasteiger partial charge in [-0.3, -0.25) is 4.79 Å². The molecule has 0 radical (unpaired) electrons. The standard InChI is InChI=1S/C17H21N3O3/c1-18-17(21)13-5-4-9-19-16(13)20-10-8-12-6-7-14(22-2)15(11-12)23-3/h4-7,9,11H,8,10H2,1-3H3,(H,18,21)(H,19,20). The number of ether oxygens (including phenoxy) is 2. The third kappa shape index (κ3) is 4.12. The molecule has 0 saturated heterocycles. The van der Waals surface area contributed by atoms with E-state index in [9.17, 15) is 4.79 Å². The molecule has 6 heteroatoms. The molecule has 0 unspecified atom stereocenters. The Kier molecular flexibility index (Phi) is 5.80. The van der Waals surface area contributed by atoms with Gasteiger partial charge in [0.2, 0.25) is 0 Å². The number of nitrogens with one attached hydrogen (secondary N) is 2. The second-order valence-corrected chi connectivity index (χ2v) is 4.84. The zero-order chi connectivity index (χ0) is 16.7. The summed E-state index contributed by atoms with van der Waals surface area (Å²) in [6.45, 7) is 0.649. The van der Waals surface area contributed by atoms with Crippen LogP contribution in [0.4, 0.5) is 5.82 Å². The molecule has 122 valence electrons. The highest BCUT2D eigenvalue weighted by Crippen LogP contribution is 2.27. The molecule has 1 heterocycles. The quantitative estimate of drug-likeness (QED) is 0.819. The van der Waals surface area contributed by atoms with Crippen LogP contribution in [0.3, 0.4) is 0 Å². The van der Waals surface area contributed by atoms with Crippen molar-refractivity contribution in [1.29, 1.82) is 0 Å². The average molecular weight is 315 g/mol. The van der Waals surface area contributed by atoms with Crippen LogP contribution in [0.15, 0.2) is 36.5 Å². The van der Waals surface area contributed by atoms with Crippen LogP contribution in [0, 0.1) is 0 Å². The van der Waals surface area contributed by atoms with Crippen LogP contribution in [0.5, 0.6) is 11.5 Å². The summed E-state index contributed by atoms with van der Waals surface area (Å²) >= 11 is 0. The summed E-state index contributed by atoms with van der Waals surface area (Å²) in [5, 5.41) is 5.81. The molecule has 23 heavy (non-hydrogen) atoms. The van der Waals surface area contributed by atoms with Crippen molar-refractivity contribution >= 4 is 11.7 Å². The molecule has 1 amide bonds. The first-order valence-electron chi connectivity index (χ1n) is 7.31. The summed E-state index contributed by atoms with van der Waals surface area (Å²) in [5.41, 5.74) is 1.63.